The Morgan fingerprint density at radius 3 is 2.96 bits per heavy atom. The molecule has 2 aromatic rings. The maximum Gasteiger partial charge on any atom is 0.231 e. The topological polar surface area (TPSA) is 67.6 Å². The molecular weight excluding hydrogens is 322 g/mol. The molecule has 7 heteroatoms. The number of unbranched alkanes of at least 4 members (excludes halogenated alkanes) is 1. The Balaban J connectivity index is 1.62. The van der Waals surface area contributed by atoms with Gasteiger partial charge in [-0.3, -0.25) is 0 Å². The highest BCUT2D eigenvalue weighted by molar-refractivity contribution is 5.62. The molecule has 2 aliphatic rings. The van der Waals surface area contributed by atoms with Gasteiger partial charge in [0.05, 0.1) is 26.4 Å². The van der Waals surface area contributed by atoms with Gasteiger partial charge in [0.2, 0.25) is 6.79 Å². The first-order valence-corrected chi connectivity index (χ1v) is 8.86. The molecule has 2 aliphatic heterocycles. The summed E-state index contributed by atoms with van der Waals surface area (Å²) in [6.07, 6.45) is 3.08. The number of hydrogen-bond donors (Lipinski definition) is 0. The smallest absolute Gasteiger partial charge is 0.231 e. The zero-order valence-electron chi connectivity index (χ0n) is 14.4. The van der Waals surface area contributed by atoms with Crippen molar-refractivity contribution >= 4 is 0 Å². The van der Waals surface area contributed by atoms with Crippen LogP contribution in [0.2, 0.25) is 0 Å². The second-order valence-electron chi connectivity index (χ2n) is 6.27. The third-order valence-electron chi connectivity index (χ3n) is 4.36. The van der Waals surface area contributed by atoms with E-state index in [1.165, 1.54) is 0 Å². The summed E-state index contributed by atoms with van der Waals surface area (Å²) in [6, 6.07) is 5.88. The number of rotatable bonds is 6. The molecule has 0 saturated carbocycles. The van der Waals surface area contributed by atoms with Gasteiger partial charge >= 0.3 is 0 Å². The number of nitrogens with zero attached hydrogens (tertiary/aromatic N) is 3. The van der Waals surface area contributed by atoms with Gasteiger partial charge < -0.3 is 18.9 Å². The van der Waals surface area contributed by atoms with E-state index in [4.69, 9.17) is 29.0 Å². The molecule has 3 heterocycles. The van der Waals surface area contributed by atoms with Crippen LogP contribution in [0.5, 0.6) is 11.5 Å². The van der Waals surface area contributed by atoms with Crippen LogP contribution in [0.15, 0.2) is 18.2 Å². The standard InChI is InChI=1S/C18H23N3O4/c1-2-3-4-17-19-18(13-5-6-15-16(9-13)25-12-24-15)21(20-17)10-14-11-22-7-8-23-14/h5-6,9,14H,2-4,7-8,10-12H2,1H3/t14-/m1/s1. The minimum atomic E-state index is 0.00207. The lowest BCUT2D eigenvalue weighted by Crippen LogP contribution is -2.32. The van der Waals surface area contributed by atoms with Gasteiger partial charge in [0.15, 0.2) is 23.1 Å². The number of fused-ring (bicyclic) bond motifs is 1. The molecule has 0 aliphatic carbocycles. The zero-order chi connectivity index (χ0) is 17.1. The lowest BCUT2D eigenvalue weighted by Gasteiger charge is -2.23. The van der Waals surface area contributed by atoms with Crippen LogP contribution in [-0.4, -0.2) is 47.5 Å². The van der Waals surface area contributed by atoms with Crippen molar-refractivity contribution in [1.82, 2.24) is 14.8 Å². The highest BCUT2D eigenvalue weighted by atomic mass is 16.7. The fourth-order valence-electron chi connectivity index (χ4n) is 3.04. The minimum Gasteiger partial charge on any atom is -0.454 e. The maximum atomic E-state index is 5.78. The van der Waals surface area contributed by atoms with E-state index in [1.807, 2.05) is 22.9 Å². The van der Waals surface area contributed by atoms with E-state index in [0.29, 0.717) is 26.4 Å². The van der Waals surface area contributed by atoms with Crippen LogP contribution in [0.1, 0.15) is 25.6 Å². The van der Waals surface area contributed by atoms with Gasteiger partial charge in [-0.2, -0.15) is 5.10 Å². The van der Waals surface area contributed by atoms with Gasteiger partial charge in [0.1, 0.15) is 6.10 Å². The SMILES string of the molecule is CCCCc1nc(-c2ccc3c(c2)OCO3)n(C[C@@H]2COCCO2)n1. The Morgan fingerprint density at radius 1 is 1.20 bits per heavy atom. The van der Waals surface area contributed by atoms with Crippen molar-refractivity contribution in [2.45, 2.75) is 38.8 Å². The van der Waals surface area contributed by atoms with Crippen molar-refractivity contribution in [3.8, 4) is 22.9 Å². The summed E-state index contributed by atoms with van der Waals surface area (Å²) in [4.78, 5) is 4.77. The summed E-state index contributed by atoms with van der Waals surface area (Å²) in [6.45, 7) is 4.93. The van der Waals surface area contributed by atoms with Crippen molar-refractivity contribution < 1.29 is 18.9 Å². The van der Waals surface area contributed by atoms with Crippen LogP contribution in [0.25, 0.3) is 11.4 Å². The summed E-state index contributed by atoms with van der Waals surface area (Å²) >= 11 is 0. The second kappa shape index (κ2) is 7.41. The van der Waals surface area contributed by atoms with E-state index in [0.717, 1.165) is 48.0 Å². The Bertz CT molecular complexity index is 725. The number of aryl methyl sites for hydroxylation is 1. The number of benzene rings is 1. The molecular formula is C18H23N3O4. The molecule has 0 N–H and O–H groups in total. The minimum absolute atomic E-state index is 0.00207. The highest BCUT2D eigenvalue weighted by Crippen LogP contribution is 2.35. The van der Waals surface area contributed by atoms with E-state index >= 15 is 0 Å². The molecule has 0 radical (unpaired) electrons. The third kappa shape index (κ3) is 3.62. The average molecular weight is 345 g/mol. The zero-order valence-corrected chi connectivity index (χ0v) is 14.4. The molecule has 0 spiro atoms. The lowest BCUT2D eigenvalue weighted by molar-refractivity contribution is -0.0945. The Morgan fingerprint density at radius 2 is 2.12 bits per heavy atom. The molecule has 1 aromatic heterocycles. The molecule has 134 valence electrons. The molecule has 25 heavy (non-hydrogen) atoms. The molecule has 4 rings (SSSR count). The first-order valence-electron chi connectivity index (χ1n) is 8.86. The summed E-state index contributed by atoms with van der Waals surface area (Å²) in [5.41, 5.74) is 0.969. The molecule has 1 fully saturated rings. The first-order chi connectivity index (χ1) is 12.3. The van der Waals surface area contributed by atoms with Crippen molar-refractivity contribution in [2.24, 2.45) is 0 Å². The highest BCUT2D eigenvalue weighted by Gasteiger charge is 2.21. The molecule has 7 nitrogen and oxygen atoms in total. The van der Waals surface area contributed by atoms with Crippen LogP contribution in [0.4, 0.5) is 0 Å². The fourth-order valence-corrected chi connectivity index (χ4v) is 3.04. The van der Waals surface area contributed by atoms with Gasteiger partial charge in [-0.25, -0.2) is 9.67 Å². The van der Waals surface area contributed by atoms with Crippen molar-refractivity contribution in [1.29, 1.82) is 0 Å². The van der Waals surface area contributed by atoms with Gasteiger partial charge in [-0.15, -0.1) is 0 Å². The van der Waals surface area contributed by atoms with Crippen LogP contribution in [0, 0.1) is 0 Å². The van der Waals surface area contributed by atoms with Crippen LogP contribution < -0.4 is 9.47 Å². The van der Waals surface area contributed by atoms with E-state index in [2.05, 4.69) is 6.92 Å². The summed E-state index contributed by atoms with van der Waals surface area (Å²) in [5.74, 6) is 3.22. The molecule has 0 unspecified atom stereocenters. The van der Waals surface area contributed by atoms with Gasteiger partial charge in [-0.1, -0.05) is 13.3 Å². The van der Waals surface area contributed by atoms with Gasteiger partial charge in [-0.05, 0) is 24.6 Å². The normalized spacial score (nSPS) is 19.3. The van der Waals surface area contributed by atoms with Crippen LogP contribution in [-0.2, 0) is 22.4 Å². The lowest BCUT2D eigenvalue weighted by atomic mass is 10.2. The van der Waals surface area contributed by atoms with E-state index in [1.54, 1.807) is 0 Å². The Labute approximate surface area is 146 Å². The summed E-state index contributed by atoms with van der Waals surface area (Å²) in [7, 11) is 0. The molecule has 1 atom stereocenters. The first kappa shape index (κ1) is 16.4. The third-order valence-corrected chi connectivity index (χ3v) is 4.36. The Hall–Kier alpha value is -2.12. The monoisotopic (exact) mass is 345 g/mol. The molecule has 1 aromatic carbocycles. The van der Waals surface area contributed by atoms with Gasteiger partial charge in [0.25, 0.3) is 0 Å². The number of ether oxygens (including phenoxy) is 4. The van der Waals surface area contributed by atoms with E-state index < -0.39 is 0 Å². The summed E-state index contributed by atoms with van der Waals surface area (Å²) < 4.78 is 24.1. The Kier molecular flexibility index (Phi) is 4.85. The molecule has 0 bridgehead atoms. The average Bonchev–Trinajstić information content (AvgIpc) is 3.27. The molecule has 0 amide bonds. The summed E-state index contributed by atoms with van der Waals surface area (Å²) in [5, 5.41) is 4.71. The molecule has 1 saturated heterocycles. The van der Waals surface area contributed by atoms with Crippen LogP contribution in [0.3, 0.4) is 0 Å². The fraction of sp³-hybridized carbons (Fsp3) is 0.556. The van der Waals surface area contributed by atoms with Crippen molar-refractivity contribution in [3.63, 3.8) is 0 Å². The van der Waals surface area contributed by atoms with E-state index in [9.17, 15) is 0 Å². The quantitative estimate of drug-likeness (QED) is 0.801. The van der Waals surface area contributed by atoms with Gasteiger partial charge in [0, 0.05) is 12.0 Å². The predicted octanol–water partition coefficient (Wildman–Crippen LogP) is 2.43. The van der Waals surface area contributed by atoms with Crippen molar-refractivity contribution in [2.75, 3.05) is 26.6 Å². The second-order valence-corrected chi connectivity index (χ2v) is 6.27. The maximum absolute atomic E-state index is 5.78. The number of hydrogen-bond acceptors (Lipinski definition) is 6. The van der Waals surface area contributed by atoms with Crippen molar-refractivity contribution in [3.05, 3.63) is 24.0 Å². The largest absolute Gasteiger partial charge is 0.454 e. The van der Waals surface area contributed by atoms with Crippen LogP contribution >= 0.6 is 0 Å². The van der Waals surface area contributed by atoms with E-state index in [-0.39, 0.29) is 12.9 Å². The predicted molar refractivity (Wildman–Crippen MR) is 90.8 cm³/mol. The number of aromatic nitrogens is 3.